The maximum absolute atomic E-state index is 11.3. The van der Waals surface area contributed by atoms with Crippen molar-refractivity contribution in [2.24, 2.45) is 0 Å². The van der Waals surface area contributed by atoms with Gasteiger partial charge < -0.3 is 5.11 Å². The Hall–Kier alpha value is -0.310. The third kappa shape index (κ3) is 2.39. The molecule has 1 unspecified atom stereocenters. The topological polar surface area (TPSA) is 37.3 Å². The first kappa shape index (κ1) is 4.84. The molecule has 0 aromatic heterocycles. The second-order valence-electron chi connectivity index (χ2n) is 0.844. The minimum Gasteiger partial charge on any atom is -0.480 e. The first-order valence-corrected chi connectivity index (χ1v) is 1.87. The summed E-state index contributed by atoms with van der Waals surface area (Å²) in [5, 5.41) is 5.40. The molecule has 0 bridgehead atoms. The van der Waals surface area contributed by atoms with Gasteiger partial charge >= 0.3 is 5.97 Å². The van der Waals surface area contributed by atoms with Crippen LogP contribution in [-0.2, 0) is 4.79 Å². The first-order valence-electron chi connectivity index (χ1n) is 1.99. The molecule has 0 amide bonds. The van der Waals surface area contributed by atoms with Gasteiger partial charge in [-0.1, -0.05) is 0 Å². The molecule has 0 radical (unpaired) electrons. The Morgan fingerprint density at radius 1 is 2.29 bits per heavy atom. The maximum Gasteiger partial charge on any atom is 0.324 e. The van der Waals surface area contributed by atoms with Crippen LogP contribution in [0.4, 0.5) is 4.39 Å². The molecule has 0 heterocycles. The fourth-order valence-electron chi connectivity index (χ4n) is 0.0572. The van der Waals surface area contributed by atoms with Gasteiger partial charge in [0, 0.05) is 0 Å². The van der Waals surface area contributed by atoms with Crippen LogP contribution >= 0.6 is 11.6 Å². The van der Waals surface area contributed by atoms with Gasteiger partial charge in [-0.3, -0.25) is 4.79 Å². The molecule has 0 saturated carbocycles. The molecule has 0 aromatic rings. The van der Waals surface area contributed by atoms with E-state index in [1.165, 1.54) is 0 Å². The Kier molecular flexibility index (Phi) is 1.93. The maximum atomic E-state index is 11.3. The van der Waals surface area contributed by atoms with Gasteiger partial charge in [-0.15, -0.1) is 11.6 Å². The van der Waals surface area contributed by atoms with Crippen molar-refractivity contribution < 1.29 is 15.7 Å². The summed E-state index contributed by atoms with van der Waals surface area (Å²) < 4.78 is 17.7. The van der Waals surface area contributed by atoms with Crippen LogP contribution in [0.5, 0.6) is 0 Å². The van der Waals surface area contributed by atoms with Crippen LogP contribution in [0, 0.1) is 0 Å². The largest absolute Gasteiger partial charge is 0.480 e. The van der Waals surface area contributed by atoms with Crippen LogP contribution in [0.15, 0.2) is 0 Å². The molecule has 0 rings (SSSR count). The summed E-state index contributed by atoms with van der Waals surface area (Å²) in [4.78, 5) is 9.69. The van der Waals surface area contributed by atoms with E-state index in [0.29, 0.717) is 0 Å². The van der Waals surface area contributed by atoms with Crippen LogP contribution < -0.4 is 0 Å². The summed E-state index contributed by atoms with van der Waals surface area (Å²) >= 11 is 4.75. The zero-order valence-corrected chi connectivity index (χ0v) is 4.07. The molecule has 0 saturated heterocycles. The highest BCUT2D eigenvalue weighted by Crippen LogP contribution is 1.94. The van der Waals surface area contributed by atoms with E-state index in [-0.39, 0.29) is 0 Å². The molecule has 2 nitrogen and oxygen atoms in total. The molecule has 0 spiro atoms. The van der Waals surface area contributed by atoms with Crippen molar-refractivity contribution in [2.75, 3.05) is 6.67 Å². The van der Waals surface area contributed by atoms with Gasteiger partial charge in [0.15, 0.2) is 5.35 Å². The third-order valence-corrected chi connectivity index (χ3v) is 0.612. The number of alkyl halides is 2. The molecule has 0 aliphatic carbocycles. The average Bonchev–Trinajstić information content (AvgIpc) is 1.67. The van der Waals surface area contributed by atoms with Gasteiger partial charge in [-0.2, -0.15) is 0 Å². The van der Waals surface area contributed by atoms with Crippen molar-refractivity contribution in [3.05, 3.63) is 0 Å². The van der Waals surface area contributed by atoms with E-state index in [4.69, 9.17) is 18.1 Å². The molecular formula is C3H4ClFO2. The molecule has 42 valence electrons. The molecule has 0 fully saturated rings. The standard InChI is InChI=1S/C3H4ClFO2/c4-2(1-5)3(6)7/h2H,1H2,(H,6,7)/i2D. The van der Waals surface area contributed by atoms with E-state index in [0.717, 1.165) is 0 Å². The van der Waals surface area contributed by atoms with Crippen LogP contribution in [0.3, 0.4) is 0 Å². The van der Waals surface area contributed by atoms with E-state index in [9.17, 15) is 9.18 Å². The summed E-state index contributed by atoms with van der Waals surface area (Å²) in [5.41, 5.74) is 0. The smallest absolute Gasteiger partial charge is 0.324 e. The number of rotatable bonds is 2. The summed E-state index contributed by atoms with van der Waals surface area (Å²) in [6, 6.07) is 0. The Morgan fingerprint density at radius 2 is 2.71 bits per heavy atom. The van der Waals surface area contributed by atoms with Crippen LogP contribution in [0.25, 0.3) is 0 Å². The average molecular weight is 128 g/mol. The number of halogens is 2. The molecule has 0 aliphatic heterocycles. The lowest BCUT2D eigenvalue weighted by Gasteiger charge is -1.91. The van der Waals surface area contributed by atoms with E-state index < -0.39 is 18.0 Å². The van der Waals surface area contributed by atoms with Gasteiger partial charge in [-0.05, 0) is 0 Å². The fraction of sp³-hybridized carbons (Fsp3) is 0.667. The lowest BCUT2D eigenvalue weighted by molar-refractivity contribution is -0.136. The number of carbonyl (C=O) groups is 1. The number of carboxylic acids is 1. The molecule has 0 aliphatic rings. The van der Waals surface area contributed by atoms with Crippen LogP contribution in [0.1, 0.15) is 1.37 Å². The van der Waals surface area contributed by atoms with Crippen molar-refractivity contribution in [3.8, 4) is 0 Å². The minimum absolute atomic E-state index is 1.39. The fourth-order valence-corrected chi connectivity index (χ4v) is 0.0572. The molecule has 4 heteroatoms. The Bertz CT molecular complexity index is 105. The Morgan fingerprint density at radius 3 is 2.71 bits per heavy atom. The van der Waals surface area contributed by atoms with Crippen molar-refractivity contribution >= 4 is 17.6 Å². The predicted molar refractivity (Wildman–Crippen MR) is 23.3 cm³/mol. The summed E-state index contributed by atoms with van der Waals surface area (Å²) in [5.74, 6) is -1.67. The van der Waals surface area contributed by atoms with E-state index in [1.807, 2.05) is 0 Å². The van der Waals surface area contributed by atoms with Gasteiger partial charge in [0.2, 0.25) is 0 Å². The second-order valence-corrected chi connectivity index (χ2v) is 1.30. The van der Waals surface area contributed by atoms with Gasteiger partial charge in [0.1, 0.15) is 6.67 Å². The number of hydrogen-bond acceptors (Lipinski definition) is 1. The highest BCUT2D eigenvalue weighted by atomic mass is 35.5. The van der Waals surface area contributed by atoms with Crippen LogP contribution in [-0.4, -0.2) is 23.1 Å². The molecule has 7 heavy (non-hydrogen) atoms. The van der Waals surface area contributed by atoms with E-state index >= 15 is 0 Å². The zero-order valence-electron chi connectivity index (χ0n) is 4.32. The number of hydrogen-bond donors (Lipinski definition) is 1. The molecule has 1 N–H and O–H groups in total. The Labute approximate surface area is 46.3 Å². The lowest BCUT2D eigenvalue weighted by Crippen LogP contribution is -2.14. The first-order chi connectivity index (χ1) is 3.50. The minimum atomic E-state index is -2.49. The van der Waals surface area contributed by atoms with Crippen molar-refractivity contribution in [1.82, 2.24) is 0 Å². The van der Waals surface area contributed by atoms with E-state index in [1.54, 1.807) is 0 Å². The van der Waals surface area contributed by atoms with E-state index in [2.05, 4.69) is 0 Å². The molecule has 0 aromatic carbocycles. The highest BCUT2D eigenvalue weighted by Gasteiger charge is 2.10. The van der Waals surface area contributed by atoms with Crippen LogP contribution in [0.2, 0.25) is 0 Å². The predicted octanol–water partition coefficient (Wildman–Crippen LogP) is 0.648. The quantitative estimate of drug-likeness (QED) is 0.553. The number of aliphatic carboxylic acids is 1. The summed E-state index contributed by atoms with van der Waals surface area (Å²) in [6.07, 6.45) is 0. The molecule has 1 atom stereocenters. The summed E-state index contributed by atoms with van der Waals surface area (Å²) in [7, 11) is 0. The van der Waals surface area contributed by atoms with Gasteiger partial charge in [0.25, 0.3) is 0 Å². The monoisotopic (exact) mass is 127 g/mol. The normalized spacial score (nSPS) is 20.0. The highest BCUT2D eigenvalue weighted by molar-refractivity contribution is 6.29. The molecular weight excluding hydrogens is 122 g/mol. The third-order valence-electron chi connectivity index (χ3n) is 0.349. The number of carboxylic acid groups (broad SMARTS) is 1. The summed E-state index contributed by atoms with van der Waals surface area (Å²) in [6.45, 7) is -1.39. The van der Waals surface area contributed by atoms with Crippen molar-refractivity contribution in [1.29, 1.82) is 0 Å². The lowest BCUT2D eigenvalue weighted by atomic mass is 10.5. The van der Waals surface area contributed by atoms with Gasteiger partial charge in [0.05, 0.1) is 1.37 Å². The van der Waals surface area contributed by atoms with Crippen molar-refractivity contribution in [3.63, 3.8) is 0 Å². The van der Waals surface area contributed by atoms with Crippen molar-refractivity contribution in [2.45, 2.75) is 5.35 Å². The second kappa shape index (κ2) is 2.80. The SMILES string of the molecule is [2H]C(Cl)(CF)C(=O)O. The Balaban J connectivity index is 3.91. The zero-order chi connectivity index (χ0) is 6.78. The van der Waals surface area contributed by atoms with Gasteiger partial charge in [-0.25, -0.2) is 4.39 Å².